The van der Waals surface area contributed by atoms with E-state index in [1.165, 1.54) is 11.1 Å². The Morgan fingerprint density at radius 1 is 1.08 bits per heavy atom. The molecule has 0 saturated carbocycles. The standard InChI is InChI=1S/C28H36N5O2S.V/c1-6-35-25-16-22(21-11-13-29-14-12-21)19(4)15-24(25)32-28-30-17-20(5)27(33-28)31-23-9-7-8-10-26(23)36(34)18(2)3;/h7-10,15-18,21H,6,11-14H2,1-5H3,(H2,30,31,32,33);/q-1;. The minimum Gasteiger partial charge on any atom is -0.662 e. The summed E-state index contributed by atoms with van der Waals surface area (Å²) in [7, 11) is -1.12. The molecule has 1 radical (unpaired) electrons. The molecular weight excluding hydrogens is 521 g/mol. The van der Waals surface area contributed by atoms with Gasteiger partial charge in [-0.25, -0.2) is 4.98 Å². The number of piperidine rings is 1. The van der Waals surface area contributed by atoms with Crippen molar-refractivity contribution < 1.29 is 27.5 Å². The van der Waals surface area contributed by atoms with Gasteiger partial charge in [0.05, 0.1) is 33.7 Å². The Bertz CT molecular complexity index is 1230. The molecular formula is C28H36N5O2SV-. The third-order valence-corrected chi connectivity index (χ3v) is 8.03. The fourth-order valence-electron chi connectivity index (χ4n) is 4.45. The van der Waals surface area contributed by atoms with Gasteiger partial charge < -0.3 is 20.7 Å². The first-order valence-electron chi connectivity index (χ1n) is 12.6. The molecule has 1 aromatic heterocycles. The van der Waals surface area contributed by atoms with Crippen LogP contribution in [0.2, 0.25) is 0 Å². The molecule has 37 heavy (non-hydrogen) atoms. The molecule has 0 amide bonds. The van der Waals surface area contributed by atoms with Crippen molar-refractivity contribution in [2.45, 2.75) is 63.5 Å². The molecule has 1 unspecified atom stereocenters. The second kappa shape index (κ2) is 13.4. The Labute approximate surface area is 235 Å². The molecule has 4 rings (SSSR count). The second-order valence-electron chi connectivity index (χ2n) is 9.40. The first-order chi connectivity index (χ1) is 17.4. The number of para-hydroxylation sites is 1. The van der Waals surface area contributed by atoms with Crippen LogP contribution in [0.25, 0.3) is 5.32 Å². The minimum atomic E-state index is -1.12. The molecule has 1 saturated heterocycles. The predicted molar refractivity (Wildman–Crippen MR) is 149 cm³/mol. The number of aromatic nitrogens is 2. The Hall–Kier alpha value is -2.39. The van der Waals surface area contributed by atoms with Crippen molar-refractivity contribution in [3.05, 3.63) is 64.6 Å². The van der Waals surface area contributed by atoms with Crippen LogP contribution in [0, 0.1) is 13.8 Å². The number of nitrogens with zero attached hydrogens (tertiary/aromatic N) is 3. The topological polar surface area (TPSA) is 90.2 Å². The van der Waals surface area contributed by atoms with Crippen LogP contribution in [0.4, 0.5) is 23.1 Å². The molecule has 3 aromatic rings. The van der Waals surface area contributed by atoms with Crippen molar-refractivity contribution in [2.24, 2.45) is 0 Å². The van der Waals surface area contributed by atoms with E-state index in [9.17, 15) is 4.21 Å². The molecule has 0 bridgehead atoms. The third kappa shape index (κ3) is 7.14. The zero-order chi connectivity index (χ0) is 25.7. The fraction of sp³-hybridized carbons (Fsp3) is 0.429. The zero-order valence-electron chi connectivity index (χ0n) is 22.2. The Kier molecular flexibility index (Phi) is 10.6. The molecule has 197 valence electrons. The summed E-state index contributed by atoms with van der Waals surface area (Å²) in [6, 6.07) is 12.0. The van der Waals surface area contributed by atoms with Gasteiger partial charge in [-0.3, -0.25) is 4.21 Å². The number of anilines is 4. The quantitative estimate of drug-likeness (QED) is 0.303. The van der Waals surface area contributed by atoms with E-state index in [1.54, 1.807) is 6.20 Å². The monoisotopic (exact) mass is 557 g/mol. The van der Waals surface area contributed by atoms with Gasteiger partial charge in [0, 0.05) is 35.6 Å². The van der Waals surface area contributed by atoms with E-state index in [1.807, 2.05) is 52.0 Å². The molecule has 1 aliphatic rings. The zero-order valence-corrected chi connectivity index (χ0v) is 24.5. The van der Waals surface area contributed by atoms with Crippen LogP contribution in [-0.2, 0) is 29.4 Å². The molecule has 2 aromatic carbocycles. The molecule has 2 N–H and O–H groups in total. The van der Waals surface area contributed by atoms with Gasteiger partial charge in [-0.15, -0.1) is 13.1 Å². The minimum absolute atomic E-state index is 0. The predicted octanol–water partition coefficient (Wildman–Crippen LogP) is 6.74. The van der Waals surface area contributed by atoms with Crippen molar-refractivity contribution in [2.75, 3.05) is 30.3 Å². The summed E-state index contributed by atoms with van der Waals surface area (Å²) >= 11 is 0. The summed E-state index contributed by atoms with van der Waals surface area (Å²) in [5.74, 6) is 2.45. The van der Waals surface area contributed by atoms with Crippen LogP contribution >= 0.6 is 0 Å². The van der Waals surface area contributed by atoms with Crippen LogP contribution in [-0.4, -0.2) is 39.1 Å². The van der Waals surface area contributed by atoms with Crippen LogP contribution in [0.3, 0.4) is 0 Å². The maximum Gasteiger partial charge on any atom is 0.229 e. The van der Waals surface area contributed by atoms with Gasteiger partial charge in [0.1, 0.15) is 11.6 Å². The van der Waals surface area contributed by atoms with Gasteiger partial charge in [0.25, 0.3) is 0 Å². The first kappa shape index (κ1) is 29.2. The van der Waals surface area contributed by atoms with E-state index in [0.717, 1.165) is 53.5 Å². The summed E-state index contributed by atoms with van der Waals surface area (Å²) in [5, 5.41) is 11.3. The van der Waals surface area contributed by atoms with Gasteiger partial charge in [0.2, 0.25) is 5.95 Å². The van der Waals surface area contributed by atoms with E-state index in [2.05, 4.69) is 40.0 Å². The SMILES string of the molecule is CCOc1cc(C2CC[N-]CC2)c(C)cc1Nc1ncc(C)c(Nc2ccccc2S(=O)C(C)C)n1.[V]. The summed E-state index contributed by atoms with van der Waals surface area (Å²) in [4.78, 5) is 10.0. The number of hydrogen-bond donors (Lipinski definition) is 2. The molecule has 2 heterocycles. The average Bonchev–Trinajstić information content (AvgIpc) is 2.88. The molecule has 9 heteroatoms. The molecule has 0 aliphatic carbocycles. The van der Waals surface area contributed by atoms with Crippen molar-refractivity contribution in [1.82, 2.24) is 9.97 Å². The van der Waals surface area contributed by atoms with Crippen molar-refractivity contribution in [3.8, 4) is 5.75 Å². The summed E-state index contributed by atoms with van der Waals surface area (Å²) in [6.45, 7) is 12.4. The summed E-state index contributed by atoms with van der Waals surface area (Å²) < 4.78 is 18.8. The van der Waals surface area contributed by atoms with Crippen LogP contribution < -0.4 is 15.4 Å². The van der Waals surface area contributed by atoms with Gasteiger partial charge in [-0.05, 0) is 62.1 Å². The normalized spacial score (nSPS) is 14.6. The molecule has 0 spiro atoms. The van der Waals surface area contributed by atoms with Crippen LogP contribution in [0.15, 0.2) is 47.5 Å². The number of rotatable bonds is 9. The number of aryl methyl sites for hydroxylation is 2. The van der Waals surface area contributed by atoms with E-state index in [4.69, 9.17) is 9.72 Å². The fourth-order valence-corrected chi connectivity index (χ4v) is 5.51. The van der Waals surface area contributed by atoms with Crippen molar-refractivity contribution >= 4 is 33.9 Å². The van der Waals surface area contributed by atoms with Crippen LogP contribution in [0.5, 0.6) is 5.75 Å². The van der Waals surface area contributed by atoms with E-state index in [0.29, 0.717) is 24.3 Å². The molecule has 1 atom stereocenters. The number of ether oxygens (including phenoxy) is 1. The largest absolute Gasteiger partial charge is 0.662 e. The van der Waals surface area contributed by atoms with Gasteiger partial charge >= 0.3 is 0 Å². The van der Waals surface area contributed by atoms with Gasteiger partial charge in [0.15, 0.2) is 0 Å². The maximum atomic E-state index is 12.8. The smallest absolute Gasteiger partial charge is 0.229 e. The van der Waals surface area contributed by atoms with Crippen molar-refractivity contribution in [3.63, 3.8) is 0 Å². The number of nitrogens with one attached hydrogen (secondary N) is 2. The number of hydrogen-bond acceptors (Lipinski definition) is 6. The summed E-state index contributed by atoms with van der Waals surface area (Å²) in [6.07, 6.45) is 3.95. The molecule has 1 aliphatic heterocycles. The Balaban J connectivity index is 0.00000380. The average molecular weight is 558 g/mol. The molecule has 7 nitrogen and oxygen atoms in total. The van der Waals surface area contributed by atoms with E-state index >= 15 is 0 Å². The Morgan fingerprint density at radius 3 is 2.51 bits per heavy atom. The summed E-state index contributed by atoms with van der Waals surface area (Å²) in [5.41, 5.74) is 5.08. The maximum absolute atomic E-state index is 12.8. The van der Waals surface area contributed by atoms with Gasteiger partial charge in [-0.2, -0.15) is 4.98 Å². The van der Waals surface area contributed by atoms with Crippen molar-refractivity contribution in [1.29, 1.82) is 0 Å². The van der Waals surface area contributed by atoms with E-state index in [-0.39, 0.29) is 23.8 Å². The van der Waals surface area contributed by atoms with Crippen LogP contribution in [0.1, 0.15) is 56.2 Å². The first-order valence-corrected chi connectivity index (χ1v) is 13.9. The second-order valence-corrected chi connectivity index (χ2v) is 11.4. The Morgan fingerprint density at radius 2 is 1.81 bits per heavy atom. The van der Waals surface area contributed by atoms with Gasteiger partial charge in [-0.1, -0.05) is 38.8 Å². The third-order valence-electron chi connectivity index (χ3n) is 6.38. The number of benzene rings is 2. The molecule has 1 fully saturated rings. The van der Waals surface area contributed by atoms with E-state index < -0.39 is 10.8 Å².